The molecule has 2 heterocycles. The molecule has 5 nitrogen and oxygen atoms in total. The van der Waals surface area contributed by atoms with E-state index in [1.807, 2.05) is 0 Å². The van der Waals surface area contributed by atoms with E-state index in [0.717, 1.165) is 18.5 Å². The molecule has 2 N–H and O–H groups in total. The lowest BCUT2D eigenvalue weighted by molar-refractivity contribution is -0.115. The third kappa shape index (κ3) is 2.21. The highest BCUT2D eigenvalue weighted by Gasteiger charge is 2.20. The van der Waals surface area contributed by atoms with Crippen LogP contribution >= 0.6 is 11.3 Å². The Hall–Kier alpha value is -1.43. The number of amides is 2. The Balaban J connectivity index is 2.22. The highest BCUT2D eigenvalue weighted by Crippen LogP contribution is 2.25. The van der Waals surface area contributed by atoms with Gasteiger partial charge in [-0.3, -0.25) is 9.59 Å². The van der Waals surface area contributed by atoms with Gasteiger partial charge in [0.25, 0.3) is 5.91 Å². The van der Waals surface area contributed by atoms with Crippen LogP contribution in [0.5, 0.6) is 0 Å². The van der Waals surface area contributed by atoms with Crippen molar-refractivity contribution in [2.24, 2.45) is 0 Å². The van der Waals surface area contributed by atoms with E-state index >= 15 is 0 Å². The summed E-state index contributed by atoms with van der Waals surface area (Å²) in [6.45, 7) is 2.47. The Morgan fingerprint density at radius 2 is 2.44 bits per heavy atom. The average molecular weight is 239 g/mol. The van der Waals surface area contributed by atoms with E-state index in [4.69, 9.17) is 0 Å². The second-order valence-electron chi connectivity index (χ2n) is 3.56. The largest absolute Gasteiger partial charge is 0.351 e. The molecule has 0 fully saturated rings. The van der Waals surface area contributed by atoms with Crippen LogP contribution in [-0.2, 0) is 11.2 Å². The second-order valence-corrected chi connectivity index (χ2v) is 4.56. The van der Waals surface area contributed by atoms with E-state index in [1.54, 1.807) is 6.92 Å². The van der Waals surface area contributed by atoms with Crippen LogP contribution in [-0.4, -0.2) is 23.3 Å². The molecule has 0 aliphatic carbocycles. The van der Waals surface area contributed by atoms with Crippen molar-refractivity contribution < 1.29 is 9.59 Å². The molecule has 0 atom stereocenters. The summed E-state index contributed by atoms with van der Waals surface area (Å²) in [5.41, 5.74) is 0.798. The molecule has 86 valence electrons. The number of aromatic nitrogens is 1. The average Bonchev–Trinajstić information content (AvgIpc) is 2.59. The first kappa shape index (κ1) is 11.1. The monoisotopic (exact) mass is 239 g/mol. The first-order valence-corrected chi connectivity index (χ1v) is 6.10. The molecule has 2 rings (SSSR count). The van der Waals surface area contributed by atoms with Crippen molar-refractivity contribution in [3.05, 3.63) is 10.6 Å². The number of carbonyl (C=O) groups is 2. The molecule has 1 aromatic rings. The zero-order valence-electron chi connectivity index (χ0n) is 9.00. The summed E-state index contributed by atoms with van der Waals surface area (Å²) in [5.74, 6) is -0.161. The Kier molecular flexibility index (Phi) is 3.19. The van der Waals surface area contributed by atoms with Gasteiger partial charge in [0.15, 0.2) is 5.13 Å². The Morgan fingerprint density at radius 3 is 3.19 bits per heavy atom. The molecular weight excluding hydrogens is 226 g/mol. The molecule has 0 bridgehead atoms. The first-order chi connectivity index (χ1) is 7.70. The van der Waals surface area contributed by atoms with Gasteiger partial charge in [-0.1, -0.05) is 18.3 Å². The molecular formula is C10H13N3O2S. The fourth-order valence-electron chi connectivity index (χ4n) is 1.50. The van der Waals surface area contributed by atoms with E-state index < -0.39 is 0 Å². The molecule has 1 aromatic heterocycles. The van der Waals surface area contributed by atoms with Crippen molar-refractivity contribution >= 4 is 28.3 Å². The zero-order chi connectivity index (χ0) is 11.5. The summed E-state index contributed by atoms with van der Waals surface area (Å²) < 4.78 is 0. The van der Waals surface area contributed by atoms with Gasteiger partial charge in [-0.05, 0) is 12.8 Å². The maximum atomic E-state index is 11.6. The van der Waals surface area contributed by atoms with Crippen molar-refractivity contribution in [1.82, 2.24) is 10.3 Å². The Morgan fingerprint density at radius 1 is 1.62 bits per heavy atom. The lowest BCUT2D eigenvalue weighted by Crippen LogP contribution is -2.21. The molecule has 0 radical (unpaired) electrons. The van der Waals surface area contributed by atoms with Crippen molar-refractivity contribution in [1.29, 1.82) is 0 Å². The van der Waals surface area contributed by atoms with Crippen molar-refractivity contribution in [3.8, 4) is 0 Å². The predicted molar refractivity (Wildman–Crippen MR) is 61.7 cm³/mol. The number of hydrogen-bond acceptors (Lipinski definition) is 4. The molecule has 0 unspecified atom stereocenters. The number of fused-ring (bicyclic) bond motifs is 1. The number of aryl methyl sites for hydroxylation is 1. The van der Waals surface area contributed by atoms with Crippen LogP contribution in [0.25, 0.3) is 0 Å². The van der Waals surface area contributed by atoms with Gasteiger partial charge >= 0.3 is 0 Å². The van der Waals surface area contributed by atoms with Gasteiger partial charge in [0.2, 0.25) is 5.91 Å². The molecule has 0 aromatic carbocycles. The Labute approximate surface area is 97.3 Å². The van der Waals surface area contributed by atoms with Crippen LogP contribution < -0.4 is 10.6 Å². The van der Waals surface area contributed by atoms with Crippen LogP contribution in [0.2, 0.25) is 0 Å². The predicted octanol–water partition coefficient (Wildman–Crippen LogP) is 1.17. The first-order valence-electron chi connectivity index (χ1n) is 5.28. The summed E-state index contributed by atoms with van der Waals surface area (Å²) >= 11 is 1.25. The van der Waals surface area contributed by atoms with E-state index in [0.29, 0.717) is 23.0 Å². The van der Waals surface area contributed by atoms with Gasteiger partial charge in [0, 0.05) is 13.0 Å². The van der Waals surface area contributed by atoms with Gasteiger partial charge in [-0.2, -0.15) is 0 Å². The van der Waals surface area contributed by atoms with Crippen molar-refractivity contribution in [2.75, 3.05) is 11.9 Å². The summed E-state index contributed by atoms with van der Waals surface area (Å²) in [5, 5.41) is 6.00. The molecule has 2 amide bonds. The quantitative estimate of drug-likeness (QED) is 0.813. The van der Waals surface area contributed by atoms with Crippen LogP contribution in [0, 0.1) is 0 Å². The smallest absolute Gasteiger partial charge is 0.263 e. The highest BCUT2D eigenvalue weighted by molar-refractivity contribution is 7.17. The van der Waals surface area contributed by atoms with Gasteiger partial charge in [0.1, 0.15) is 4.88 Å². The van der Waals surface area contributed by atoms with Crippen LogP contribution in [0.4, 0.5) is 5.13 Å². The number of carbonyl (C=O) groups excluding carboxylic acids is 2. The summed E-state index contributed by atoms with van der Waals surface area (Å²) in [6, 6.07) is 0. The number of nitrogens with zero attached hydrogens (tertiary/aromatic N) is 1. The van der Waals surface area contributed by atoms with Crippen LogP contribution in [0.15, 0.2) is 0 Å². The standard InChI is InChI=1S/C10H13N3O2S/c1-2-7(14)13-10-12-6-4-3-5-11-9(15)8(6)16-10/h2-5H2,1H3,(H,11,15)(H,12,13,14). The van der Waals surface area contributed by atoms with E-state index in [9.17, 15) is 9.59 Å². The SMILES string of the molecule is CCC(=O)Nc1nc2c(s1)C(=O)NCCC2. The summed E-state index contributed by atoms with van der Waals surface area (Å²) in [7, 11) is 0. The van der Waals surface area contributed by atoms with Gasteiger partial charge < -0.3 is 10.6 Å². The van der Waals surface area contributed by atoms with Crippen molar-refractivity contribution in [3.63, 3.8) is 0 Å². The maximum absolute atomic E-state index is 11.6. The van der Waals surface area contributed by atoms with E-state index in [1.165, 1.54) is 11.3 Å². The minimum atomic E-state index is -0.0815. The normalized spacial score (nSPS) is 14.9. The zero-order valence-corrected chi connectivity index (χ0v) is 9.82. The lowest BCUT2D eigenvalue weighted by atomic mass is 10.2. The third-order valence-corrected chi connectivity index (χ3v) is 3.36. The lowest BCUT2D eigenvalue weighted by Gasteiger charge is -1.98. The minimum Gasteiger partial charge on any atom is -0.351 e. The maximum Gasteiger partial charge on any atom is 0.263 e. The molecule has 0 spiro atoms. The molecule has 6 heteroatoms. The fraction of sp³-hybridized carbons (Fsp3) is 0.500. The molecule has 16 heavy (non-hydrogen) atoms. The summed E-state index contributed by atoms with van der Waals surface area (Å²) in [4.78, 5) is 27.7. The Bertz CT molecular complexity index is 428. The molecule has 1 aliphatic heterocycles. The van der Waals surface area contributed by atoms with E-state index in [-0.39, 0.29) is 11.8 Å². The fourth-order valence-corrected chi connectivity index (χ4v) is 2.44. The number of anilines is 1. The number of thiazole rings is 1. The number of hydrogen-bond donors (Lipinski definition) is 2. The van der Waals surface area contributed by atoms with Crippen LogP contribution in [0.3, 0.4) is 0 Å². The molecule has 1 aliphatic rings. The molecule has 0 saturated heterocycles. The van der Waals surface area contributed by atoms with Gasteiger partial charge in [-0.25, -0.2) is 4.98 Å². The topological polar surface area (TPSA) is 71.1 Å². The van der Waals surface area contributed by atoms with Crippen molar-refractivity contribution in [2.45, 2.75) is 26.2 Å². The van der Waals surface area contributed by atoms with Crippen LogP contribution in [0.1, 0.15) is 35.1 Å². The highest BCUT2D eigenvalue weighted by atomic mass is 32.1. The number of rotatable bonds is 2. The van der Waals surface area contributed by atoms with Gasteiger partial charge in [-0.15, -0.1) is 0 Å². The molecule has 0 saturated carbocycles. The van der Waals surface area contributed by atoms with Gasteiger partial charge in [0.05, 0.1) is 5.69 Å². The number of nitrogens with one attached hydrogen (secondary N) is 2. The minimum absolute atomic E-state index is 0.0793. The van der Waals surface area contributed by atoms with E-state index in [2.05, 4.69) is 15.6 Å². The second kappa shape index (κ2) is 4.61. The third-order valence-electron chi connectivity index (χ3n) is 2.35. The summed E-state index contributed by atoms with van der Waals surface area (Å²) in [6.07, 6.45) is 2.09.